The lowest BCUT2D eigenvalue weighted by atomic mass is 9.93. The summed E-state index contributed by atoms with van der Waals surface area (Å²) in [5.41, 5.74) is 7.79. The maximum atomic E-state index is 13.4. The second kappa shape index (κ2) is 8.87. The van der Waals surface area contributed by atoms with Gasteiger partial charge in [0.15, 0.2) is 11.5 Å². The van der Waals surface area contributed by atoms with E-state index in [1.807, 2.05) is 22.8 Å². The maximum absolute atomic E-state index is 13.4. The Labute approximate surface area is 194 Å². The molecule has 170 valence electrons. The van der Waals surface area contributed by atoms with E-state index in [1.165, 1.54) is 5.56 Å². The molecule has 0 fully saturated rings. The molecule has 32 heavy (non-hydrogen) atoms. The third-order valence-corrected chi connectivity index (χ3v) is 6.07. The normalized spacial score (nSPS) is 15.0. The van der Waals surface area contributed by atoms with Gasteiger partial charge in [0, 0.05) is 24.7 Å². The molecule has 1 aliphatic rings. The van der Waals surface area contributed by atoms with Gasteiger partial charge < -0.3 is 9.47 Å². The van der Waals surface area contributed by atoms with Gasteiger partial charge in [0.1, 0.15) is 5.49 Å². The van der Waals surface area contributed by atoms with E-state index in [1.54, 1.807) is 25.8 Å². The van der Waals surface area contributed by atoms with E-state index in [-0.39, 0.29) is 24.1 Å². The van der Waals surface area contributed by atoms with Gasteiger partial charge in [-0.2, -0.15) is 0 Å². The summed E-state index contributed by atoms with van der Waals surface area (Å²) in [6.07, 6.45) is 0.745. The van der Waals surface area contributed by atoms with Crippen LogP contribution in [-0.2, 0) is 13.5 Å². The number of benzene rings is 2. The lowest BCUT2D eigenvalue weighted by Gasteiger charge is -2.28. The summed E-state index contributed by atoms with van der Waals surface area (Å²) in [5.74, 6) is 1.34. The molecule has 0 radical (unpaired) electrons. The third kappa shape index (κ3) is 3.84. The van der Waals surface area contributed by atoms with Crippen LogP contribution in [0.1, 0.15) is 35.2 Å². The lowest BCUT2D eigenvalue weighted by Crippen LogP contribution is -2.41. The summed E-state index contributed by atoms with van der Waals surface area (Å²) in [6.45, 7) is 8.25. The van der Waals surface area contributed by atoms with Gasteiger partial charge >= 0.3 is 5.69 Å². The van der Waals surface area contributed by atoms with Crippen molar-refractivity contribution in [1.29, 1.82) is 0 Å². The fourth-order valence-electron chi connectivity index (χ4n) is 4.59. The SMILES string of the molecule is COc1cc2c(cc1OC)-c1cc(=Nc3c(C)cc(C)cc3C)n(C)c(=O)n1[C@H](C)C2.Cl. The first kappa shape index (κ1) is 23.7. The summed E-state index contributed by atoms with van der Waals surface area (Å²) in [7, 11) is 5.04. The molecule has 6 nitrogen and oxygen atoms in total. The smallest absolute Gasteiger partial charge is 0.330 e. The van der Waals surface area contributed by atoms with Crippen molar-refractivity contribution in [3.05, 3.63) is 68.6 Å². The summed E-state index contributed by atoms with van der Waals surface area (Å²) in [5, 5.41) is 0. The Morgan fingerprint density at radius 3 is 2.16 bits per heavy atom. The molecule has 0 aliphatic carbocycles. The molecular weight excluding hydrogens is 426 g/mol. The van der Waals surface area contributed by atoms with Gasteiger partial charge in [0.25, 0.3) is 0 Å². The zero-order chi connectivity index (χ0) is 22.4. The number of fused-ring (bicyclic) bond motifs is 3. The quantitative estimate of drug-likeness (QED) is 0.581. The minimum absolute atomic E-state index is 0. The fourth-order valence-corrected chi connectivity index (χ4v) is 4.59. The molecule has 1 aliphatic heterocycles. The van der Waals surface area contributed by atoms with Gasteiger partial charge in [-0.1, -0.05) is 17.7 Å². The van der Waals surface area contributed by atoms with E-state index in [2.05, 4.69) is 39.8 Å². The molecule has 0 saturated heterocycles. The largest absolute Gasteiger partial charge is 0.493 e. The first-order chi connectivity index (χ1) is 14.7. The predicted octanol–water partition coefficient (Wildman–Crippen LogP) is 4.57. The molecule has 0 bridgehead atoms. The Balaban J connectivity index is 0.00000289. The zero-order valence-corrected chi connectivity index (χ0v) is 20.5. The Bertz CT molecular complexity index is 1300. The molecule has 4 rings (SSSR count). The minimum atomic E-state index is -0.0772. The predicted molar refractivity (Wildman–Crippen MR) is 130 cm³/mol. The van der Waals surface area contributed by atoms with Crippen LogP contribution in [0.5, 0.6) is 11.5 Å². The summed E-state index contributed by atoms with van der Waals surface area (Å²) < 4.78 is 14.5. The van der Waals surface area contributed by atoms with Crippen LogP contribution in [-0.4, -0.2) is 23.4 Å². The second-order valence-corrected chi connectivity index (χ2v) is 8.38. The van der Waals surface area contributed by atoms with Crippen molar-refractivity contribution in [2.24, 2.45) is 12.0 Å². The molecule has 0 amide bonds. The number of ether oxygens (including phenoxy) is 2. The highest BCUT2D eigenvalue weighted by Crippen LogP contribution is 2.40. The molecule has 7 heteroatoms. The van der Waals surface area contributed by atoms with Crippen LogP contribution in [0.4, 0.5) is 5.69 Å². The molecule has 2 aromatic carbocycles. The van der Waals surface area contributed by atoms with Crippen molar-refractivity contribution >= 4 is 18.1 Å². The number of hydrogen-bond donors (Lipinski definition) is 0. The molecule has 1 aromatic heterocycles. The van der Waals surface area contributed by atoms with E-state index in [0.29, 0.717) is 17.0 Å². The minimum Gasteiger partial charge on any atom is -0.493 e. The number of aryl methyl sites for hydroxylation is 3. The average Bonchev–Trinajstić information content (AvgIpc) is 2.72. The molecule has 2 heterocycles. The van der Waals surface area contributed by atoms with Crippen LogP contribution in [0.3, 0.4) is 0 Å². The van der Waals surface area contributed by atoms with Gasteiger partial charge in [-0.15, -0.1) is 12.4 Å². The average molecular weight is 456 g/mol. The van der Waals surface area contributed by atoms with Crippen LogP contribution in [0.15, 0.2) is 40.1 Å². The highest BCUT2D eigenvalue weighted by atomic mass is 35.5. The van der Waals surface area contributed by atoms with Gasteiger partial charge in [-0.05, 0) is 62.9 Å². The summed E-state index contributed by atoms with van der Waals surface area (Å²) >= 11 is 0. The summed E-state index contributed by atoms with van der Waals surface area (Å²) in [6, 6.07) is 10.2. The number of hydrogen-bond acceptors (Lipinski definition) is 4. The van der Waals surface area contributed by atoms with E-state index < -0.39 is 0 Å². The van der Waals surface area contributed by atoms with Crippen molar-refractivity contribution in [3.8, 4) is 22.8 Å². The van der Waals surface area contributed by atoms with Crippen LogP contribution in [0, 0.1) is 20.8 Å². The van der Waals surface area contributed by atoms with Gasteiger partial charge in [0.05, 0.1) is 25.6 Å². The van der Waals surface area contributed by atoms with Gasteiger partial charge in [-0.25, -0.2) is 9.79 Å². The topological polar surface area (TPSA) is 57.8 Å². The Morgan fingerprint density at radius 1 is 0.969 bits per heavy atom. The third-order valence-electron chi connectivity index (χ3n) is 6.07. The number of rotatable bonds is 3. The molecule has 0 N–H and O–H groups in total. The van der Waals surface area contributed by atoms with Crippen LogP contribution < -0.4 is 20.7 Å². The van der Waals surface area contributed by atoms with Gasteiger partial charge in [0.2, 0.25) is 0 Å². The van der Waals surface area contributed by atoms with Crippen molar-refractivity contribution in [3.63, 3.8) is 0 Å². The fraction of sp³-hybridized carbons (Fsp3) is 0.360. The molecule has 0 saturated carbocycles. The number of methoxy groups -OCH3 is 2. The zero-order valence-electron chi connectivity index (χ0n) is 19.6. The van der Waals surface area contributed by atoms with E-state index in [4.69, 9.17) is 14.5 Å². The maximum Gasteiger partial charge on any atom is 0.330 e. The number of halogens is 1. The van der Waals surface area contributed by atoms with Crippen molar-refractivity contribution in [2.75, 3.05) is 14.2 Å². The Morgan fingerprint density at radius 2 is 1.56 bits per heavy atom. The lowest BCUT2D eigenvalue weighted by molar-refractivity contribution is 0.354. The van der Waals surface area contributed by atoms with E-state index in [0.717, 1.165) is 40.1 Å². The van der Waals surface area contributed by atoms with Crippen LogP contribution in [0.25, 0.3) is 11.3 Å². The molecule has 3 aromatic rings. The Hall–Kier alpha value is -2.99. The number of aromatic nitrogens is 2. The van der Waals surface area contributed by atoms with Crippen molar-refractivity contribution < 1.29 is 9.47 Å². The monoisotopic (exact) mass is 455 g/mol. The standard InChI is InChI=1S/C25H29N3O3.ClH/c1-14-8-15(2)24(16(3)9-14)26-23-13-20-19-12-22(31-7)21(30-6)11-18(19)10-17(4)28(20)25(29)27(23)5;/h8-9,11-13,17H,10H2,1-7H3;1H/t17-;/m1./s1. The van der Waals surface area contributed by atoms with E-state index in [9.17, 15) is 4.79 Å². The number of nitrogens with zero attached hydrogens (tertiary/aromatic N) is 3. The summed E-state index contributed by atoms with van der Waals surface area (Å²) in [4.78, 5) is 18.3. The van der Waals surface area contributed by atoms with E-state index >= 15 is 0 Å². The highest BCUT2D eigenvalue weighted by Gasteiger charge is 2.26. The molecular formula is C25H30ClN3O3. The van der Waals surface area contributed by atoms with Crippen LogP contribution >= 0.6 is 12.4 Å². The highest BCUT2D eigenvalue weighted by molar-refractivity contribution is 5.85. The van der Waals surface area contributed by atoms with Crippen molar-refractivity contribution in [1.82, 2.24) is 9.13 Å². The second-order valence-electron chi connectivity index (χ2n) is 8.38. The van der Waals surface area contributed by atoms with Crippen LogP contribution in [0.2, 0.25) is 0 Å². The Kier molecular flexibility index (Phi) is 6.56. The first-order valence-corrected chi connectivity index (χ1v) is 10.5. The molecule has 0 unspecified atom stereocenters. The van der Waals surface area contributed by atoms with Crippen molar-refractivity contribution in [2.45, 2.75) is 40.2 Å². The first-order valence-electron chi connectivity index (χ1n) is 10.5. The molecule has 1 atom stereocenters. The molecule has 0 spiro atoms. The van der Waals surface area contributed by atoms with Gasteiger partial charge in [-0.3, -0.25) is 9.13 Å².